The maximum absolute atomic E-state index is 4.86. The van der Waals surface area contributed by atoms with E-state index in [1.54, 1.807) is 0 Å². The average Bonchev–Trinajstić information content (AvgIpc) is 3.32. The van der Waals surface area contributed by atoms with E-state index in [0.29, 0.717) is 5.92 Å². The Labute approximate surface area is 135 Å². The average molecular weight is 354 g/mol. The fourth-order valence-corrected chi connectivity index (χ4v) is 3.23. The van der Waals surface area contributed by atoms with Gasteiger partial charge in [0.25, 0.3) is 0 Å². The molecule has 3 rings (SSSR count). The molecule has 116 valence electrons. The lowest BCUT2D eigenvalue weighted by Crippen LogP contribution is -2.45. The van der Waals surface area contributed by atoms with Gasteiger partial charge >= 0.3 is 0 Å². The first-order valence-corrected chi connectivity index (χ1v) is 8.73. The molecule has 0 atom stereocenters. The maximum Gasteiger partial charge on any atom is 0.227 e. The summed E-state index contributed by atoms with van der Waals surface area (Å²) in [5.41, 5.74) is 1.19. The molecule has 1 aliphatic heterocycles. The normalized spacial score (nSPS) is 19.9. The van der Waals surface area contributed by atoms with Crippen molar-refractivity contribution < 1.29 is 0 Å². The van der Waals surface area contributed by atoms with Crippen LogP contribution < -0.4 is 10.2 Å². The van der Waals surface area contributed by atoms with Gasteiger partial charge in [-0.05, 0) is 42.2 Å². The van der Waals surface area contributed by atoms with Gasteiger partial charge in [0.05, 0.1) is 10.2 Å². The summed E-state index contributed by atoms with van der Waals surface area (Å²) in [5.74, 6) is 2.48. The number of halogens is 1. The molecule has 2 aliphatic rings. The van der Waals surface area contributed by atoms with Gasteiger partial charge in [0.2, 0.25) is 5.95 Å². The second-order valence-electron chi connectivity index (χ2n) is 6.06. The van der Waals surface area contributed by atoms with E-state index in [4.69, 9.17) is 9.97 Å². The Bertz CT molecular complexity index is 495. The fraction of sp³-hybridized carbons (Fsp3) is 0.733. The van der Waals surface area contributed by atoms with Gasteiger partial charge in [-0.1, -0.05) is 6.92 Å². The van der Waals surface area contributed by atoms with Gasteiger partial charge in [-0.25, -0.2) is 4.98 Å². The van der Waals surface area contributed by atoms with Crippen LogP contribution in [0.4, 0.5) is 11.8 Å². The van der Waals surface area contributed by atoms with Crippen molar-refractivity contribution in [2.24, 2.45) is 0 Å². The third-order valence-corrected chi connectivity index (χ3v) is 4.94. The monoisotopic (exact) mass is 353 g/mol. The van der Waals surface area contributed by atoms with Crippen molar-refractivity contribution in [2.45, 2.75) is 32.1 Å². The van der Waals surface area contributed by atoms with Crippen molar-refractivity contribution in [1.82, 2.24) is 14.9 Å². The van der Waals surface area contributed by atoms with E-state index in [1.807, 2.05) is 0 Å². The summed E-state index contributed by atoms with van der Waals surface area (Å²) in [6.07, 6.45) is 3.61. The van der Waals surface area contributed by atoms with Crippen molar-refractivity contribution in [3.63, 3.8) is 0 Å². The Morgan fingerprint density at radius 3 is 2.52 bits per heavy atom. The van der Waals surface area contributed by atoms with Crippen LogP contribution >= 0.6 is 15.9 Å². The Kier molecular flexibility index (Phi) is 4.64. The van der Waals surface area contributed by atoms with E-state index in [-0.39, 0.29) is 0 Å². The largest absolute Gasteiger partial charge is 0.369 e. The predicted molar refractivity (Wildman–Crippen MR) is 90.2 cm³/mol. The van der Waals surface area contributed by atoms with Crippen molar-refractivity contribution in [1.29, 1.82) is 0 Å². The number of hydrogen-bond donors (Lipinski definition) is 1. The Balaban J connectivity index is 1.86. The number of rotatable bonds is 5. The van der Waals surface area contributed by atoms with E-state index in [0.717, 1.165) is 55.4 Å². The van der Waals surface area contributed by atoms with Crippen molar-refractivity contribution in [3.05, 3.63) is 10.2 Å². The number of anilines is 2. The fourth-order valence-electron chi connectivity index (χ4n) is 2.59. The van der Waals surface area contributed by atoms with Crippen LogP contribution in [0.2, 0.25) is 0 Å². The van der Waals surface area contributed by atoms with Crippen LogP contribution in [0.1, 0.15) is 37.8 Å². The standard InChI is InChI=1S/C15H24BrN5/c1-3-6-17-14-12(16)13(11-4-5-11)18-15(19-14)21-9-7-20(2)8-10-21/h11H,3-10H2,1-2H3,(H,17,18,19). The smallest absolute Gasteiger partial charge is 0.227 e. The molecule has 1 saturated heterocycles. The molecule has 2 heterocycles. The highest BCUT2D eigenvalue weighted by atomic mass is 79.9. The molecule has 0 radical (unpaired) electrons. The van der Waals surface area contributed by atoms with Crippen LogP contribution in [-0.4, -0.2) is 54.6 Å². The van der Waals surface area contributed by atoms with Crippen molar-refractivity contribution in [2.75, 3.05) is 50.0 Å². The summed E-state index contributed by atoms with van der Waals surface area (Å²) in [5, 5.41) is 3.44. The van der Waals surface area contributed by atoms with Crippen LogP contribution in [-0.2, 0) is 0 Å². The van der Waals surface area contributed by atoms with Crippen LogP contribution in [0.5, 0.6) is 0 Å². The molecule has 21 heavy (non-hydrogen) atoms. The summed E-state index contributed by atoms with van der Waals surface area (Å²) in [6.45, 7) is 7.30. The van der Waals surface area contributed by atoms with E-state index < -0.39 is 0 Å². The molecule has 1 N–H and O–H groups in total. The molecular formula is C15H24BrN5. The number of nitrogens with zero attached hydrogens (tertiary/aromatic N) is 4. The SMILES string of the molecule is CCCNc1nc(N2CCN(C)CC2)nc(C2CC2)c1Br. The molecule has 0 spiro atoms. The second-order valence-corrected chi connectivity index (χ2v) is 6.86. The zero-order valence-corrected chi connectivity index (χ0v) is 14.5. The molecule has 0 unspecified atom stereocenters. The number of piperazine rings is 1. The quantitative estimate of drug-likeness (QED) is 0.881. The van der Waals surface area contributed by atoms with Crippen LogP contribution in [0, 0.1) is 0 Å². The summed E-state index contributed by atoms with van der Waals surface area (Å²) < 4.78 is 1.07. The lowest BCUT2D eigenvalue weighted by Gasteiger charge is -2.32. The molecule has 0 amide bonds. The van der Waals surface area contributed by atoms with Gasteiger partial charge in [0.15, 0.2) is 0 Å². The number of hydrogen-bond acceptors (Lipinski definition) is 5. The van der Waals surface area contributed by atoms with Gasteiger partial charge in [0.1, 0.15) is 5.82 Å². The third kappa shape index (κ3) is 3.48. The van der Waals surface area contributed by atoms with E-state index >= 15 is 0 Å². The predicted octanol–water partition coefficient (Wildman–Crippen LogP) is 2.69. The van der Waals surface area contributed by atoms with Gasteiger partial charge in [-0.15, -0.1) is 0 Å². The summed E-state index contributed by atoms with van der Waals surface area (Å²) in [6, 6.07) is 0. The van der Waals surface area contributed by atoms with Crippen LogP contribution in [0.15, 0.2) is 4.47 Å². The van der Waals surface area contributed by atoms with Gasteiger partial charge in [-0.2, -0.15) is 4.98 Å². The summed E-state index contributed by atoms with van der Waals surface area (Å²) in [7, 11) is 2.17. The highest BCUT2D eigenvalue weighted by molar-refractivity contribution is 9.10. The van der Waals surface area contributed by atoms with Crippen LogP contribution in [0.25, 0.3) is 0 Å². The number of likely N-dealkylation sites (N-methyl/N-ethyl adjacent to an activating group) is 1. The molecule has 1 saturated carbocycles. The number of aromatic nitrogens is 2. The molecule has 1 aromatic rings. The van der Waals surface area contributed by atoms with E-state index in [1.165, 1.54) is 18.5 Å². The van der Waals surface area contributed by atoms with E-state index in [2.05, 4.69) is 45.0 Å². The van der Waals surface area contributed by atoms with Crippen molar-refractivity contribution >= 4 is 27.7 Å². The van der Waals surface area contributed by atoms with Gasteiger partial charge in [-0.3, -0.25) is 0 Å². The lowest BCUT2D eigenvalue weighted by molar-refractivity contribution is 0.311. The molecule has 6 heteroatoms. The van der Waals surface area contributed by atoms with Gasteiger partial charge < -0.3 is 15.1 Å². The third-order valence-electron chi connectivity index (χ3n) is 4.16. The van der Waals surface area contributed by atoms with E-state index in [9.17, 15) is 0 Å². The Hall–Kier alpha value is -0.880. The zero-order valence-electron chi connectivity index (χ0n) is 12.9. The molecule has 0 aromatic carbocycles. The zero-order chi connectivity index (χ0) is 14.8. The first-order valence-electron chi connectivity index (χ1n) is 7.93. The minimum absolute atomic E-state index is 0.621. The van der Waals surface area contributed by atoms with Crippen LogP contribution in [0.3, 0.4) is 0 Å². The topological polar surface area (TPSA) is 44.3 Å². The summed E-state index contributed by atoms with van der Waals surface area (Å²) >= 11 is 3.71. The molecule has 1 aromatic heterocycles. The Morgan fingerprint density at radius 1 is 1.19 bits per heavy atom. The molecule has 2 fully saturated rings. The molecule has 5 nitrogen and oxygen atoms in total. The first-order chi connectivity index (χ1) is 10.2. The maximum atomic E-state index is 4.86. The summed E-state index contributed by atoms with van der Waals surface area (Å²) in [4.78, 5) is 14.3. The number of nitrogens with one attached hydrogen (secondary N) is 1. The highest BCUT2D eigenvalue weighted by Crippen LogP contribution is 2.44. The Morgan fingerprint density at radius 2 is 1.90 bits per heavy atom. The molecular weight excluding hydrogens is 330 g/mol. The minimum Gasteiger partial charge on any atom is -0.369 e. The minimum atomic E-state index is 0.621. The van der Waals surface area contributed by atoms with Crippen molar-refractivity contribution in [3.8, 4) is 0 Å². The second kappa shape index (κ2) is 6.48. The molecule has 0 bridgehead atoms. The molecule has 1 aliphatic carbocycles. The lowest BCUT2D eigenvalue weighted by atomic mass is 10.2. The highest BCUT2D eigenvalue weighted by Gasteiger charge is 2.30. The van der Waals surface area contributed by atoms with Gasteiger partial charge in [0, 0.05) is 38.6 Å². The first kappa shape index (κ1) is 15.0.